The second-order valence-electron chi connectivity index (χ2n) is 5.15. The molecule has 0 saturated carbocycles. The van der Waals surface area contributed by atoms with Crippen LogP contribution in [0.5, 0.6) is 5.75 Å². The van der Waals surface area contributed by atoms with Crippen molar-refractivity contribution in [2.75, 3.05) is 19.7 Å². The van der Waals surface area contributed by atoms with Crippen LogP contribution in [-0.2, 0) is 4.79 Å². The molecule has 4 heteroatoms. The number of β-amino-alcohol motifs (C(OH)–C–C–N with tert-alkyl or cyclic N) is 1. The fraction of sp³-hybridized carbons (Fsp3) is 0.533. The topological polar surface area (TPSA) is 49.8 Å². The molecule has 1 N–H and O–H groups in total. The van der Waals surface area contributed by atoms with Gasteiger partial charge in [0.1, 0.15) is 5.75 Å². The Morgan fingerprint density at radius 3 is 2.89 bits per heavy atom. The number of carbonyl (C=O) groups is 1. The number of rotatable bonds is 4. The van der Waals surface area contributed by atoms with Gasteiger partial charge in [-0.1, -0.05) is 17.7 Å². The van der Waals surface area contributed by atoms with E-state index < -0.39 is 0 Å². The number of carbonyl (C=O) groups excluding carboxylic acids is 1. The molecule has 0 bridgehead atoms. The molecule has 1 amide bonds. The van der Waals surface area contributed by atoms with Gasteiger partial charge in [-0.2, -0.15) is 0 Å². The van der Waals surface area contributed by atoms with Crippen LogP contribution in [0.3, 0.4) is 0 Å². The summed E-state index contributed by atoms with van der Waals surface area (Å²) in [6, 6.07) is 6.00. The van der Waals surface area contributed by atoms with Crippen LogP contribution >= 0.6 is 0 Å². The Labute approximate surface area is 114 Å². The maximum Gasteiger partial charge on any atom is 0.226 e. The summed E-state index contributed by atoms with van der Waals surface area (Å²) in [4.78, 5) is 13.6. The number of aliphatic hydroxyl groups is 1. The van der Waals surface area contributed by atoms with Crippen molar-refractivity contribution in [3.63, 3.8) is 0 Å². The van der Waals surface area contributed by atoms with E-state index in [1.54, 1.807) is 4.90 Å². The minimum Gasteiger partial charge on any atom is -0.493 e. The van der Waals surface area contributed by atoms with Gasteiger partial charge in [-0.25, -0.2) is 0 Å². The minimum atomic E-state index is -0.357. The lowest BCUT2D eigenvalue weighted by molar-refractivity contribution is -0.131. The predicted molar refractivity (Wildman–Crippen MR) is 73.2 cm³/mol. The first kappa shape index (κ1) is 13.9. The summed E-state index contributed by atoms with van der Waals surface area (Å²) in [6.45, 7) is 5.54. The summed E-state index contributed by atoms with van der Waals surface area (Å²) in [6.07, 6.45) is 0.688. The van der Waals surface area contributed by atoms with Crippen LogP contribution in [0, 0.1) is 13.8 Å². The van der Waals surface area contributed by atoms with Crippen molar-refractivity contribution in [1.82, 2.24) is 4.90 Å². The number of benzene rings is 1. The zero-order chi connectivity index (χ0) is 13.8. The Balaban J connectivity index is 1.78. The summed E-state index contributed by atoms with van der Waals surface area (Å²) in [5, 5.41) is 9.39. The van der Waals surface area contributed by atoms with Crippen molar-refractivity contribution in [3.8, 4) is 5.75 Å². The molecule has 0 spiro atoms. The van der Waals surface area contributed by atoms with E-state index in [1.165, 1.54) is 5.56 Å². The van der Waals surface area contributed by atoms with E-state index in [4.69, 9.17) is 4.74 Å². The molecule has 0 unspecified atom stereocenters. The Hall–Kier alpha value is -1.55. The zero-order valence-electron chi connectivity index (χ0n) is 11.6. The fourth-order valence-electron chi connectivity index (χ4n) is 2.34. The molecule has 1 atom stereocenters. The summed E-state index contributed by atoms with van der Waals surface area (Å²) < 4.78 is 5.64. The summed E-state index contributed by atoms with van der Waals surface area (Å²) in [5.74, 6) is 0.890. The smallest absolute Gasteiger partial charge is 0.226 e. The molecule has 1 aliphatic heterocycles. The molecule has 1 aromatic rings. The largest absolute Gasteiger partial charge is 0.493 e. The number of likely N-dealkylation sites (tertiary alicyclic amines) is 1. The lowest BCUT2D eigenvalue weighted by atomic mass is 10.1. The lowest BCUT2D eigenvalue weighted by Gasteiger charge is -2.16. The van der Waals surface area contributed by atoms with Gasteiger partial charge in [-0.3, -0.25) is 4.79 Å². The van der Waals surface area contributed by atoms with E-state index in [9.17, 15) is 9.90 Å². The maximum absolute atomic E-state index is 11.9. The molecule has 1 saturated heterocycles. The average Bonchev–Trinajstić information content (AvgIpc) is 2.78. The number of hydrogen-bond acceptors (Lipinski definition) is 3. The molecule has 1 fully saturated rings. The van der Waals surface area contributed by atoms with Crippen molar-refractivity contribution < 1.29 is 14.6 Å². The van der Waals surface area contributed by atoms with E-state index in [0.29, 0.717) is 32.5 Å². The third-order valence-corrected chi connectivity index (χ3v) is 3.42. The molecular weight excluding hydrogens is 242 g/mol. The number of aliphatic hydroxyl groups excluding tert-OH is 1. The first-order valence-electron chi connectivity index (χ1n) is 6.72. The molecular formula is C15H21NO3. The molecule has 0 radical (unpaired) electrons. The normalized spacial score (nSPS) is 18.7. The SMILES string of the molecule is Cc1ccc(OCCC(=O)N2CC[C@@H](O)C2)c(C)c1. The first-order chi connectivity index (χ1) is 9.06. The molecule has 4 nitrogen and oxygen atoms in total. The standard InChI is InChI=1S/C15H21NO3/c1-11-3-4-14(12(2)9-11)19-8-6-15(18)16-7-5-13(17)10-16/h3-4,9,13,17H,5-8,10H2,1-2H3/t13-/m1/s1. The lowest BCUT2D eigenvalue weighted by Crippen LogP contribution is -2.30. The summed E-state index contributed by atoms with van der Waals surface area (Å²) >= 11 is 0. The number of amides is 1. The summed E-state index contributed by atoms with van der Waals surface area (Å²) in [7, 11) is 0. The van der Waals surface area contributed by atoms with Crippen LogP contribution in [0.15, 0.2) is 18.2 Å². The molecule has 0 aliphatic carbocycles. The highest BCUT2D eigenvalue weighted by atomic mass is 16.5. The van der Waals surface area contributed by atoms with Crippen molar-refractivity contribution in [1.29, 1.82) is 0 Å². The van der Waals surface area contributed by atoms with E-state index in [1.807, 2.05) is 26.0 Å². The number of hydrogen-bond donors (Lipinski definition) is 1. The average molecular weight is 263 g/mol. The van der Waals surface area contributed by atoms with E-state index in [-0.39, 0.29) is 12.0 Å². The zero-order valence-corrected chi connectivity index (χ0v) is 11.6. The van der Waals surface area contributed by atoms with Crippen LogP contribution in [0.25, 0.3) is 0 Å². The quantitative estimate of drug-likeness (QED) is 0.899. The van der Waals surface area contributed by atoms with Gasteiger partial charge in [-0.05, 0) is 31.9 Å². The first-order valence-corrected chi connectivity index (χ1v) is 6.72. The molecule has 0 aromatic heterocycles. The van der Waals surface area contributed by atoms with Crippen LogP contribution in [0.1, 0.15) is 24.0 Å². The van der Waals surface area contributed by atoms with Gasteiger partial charge in [0.05, 0.1) is 19.1 Å². The highest BCUT2D eigenvalue weighted by Crippen LogP contribution is 2.19. The van der Waals surface area contributed by atoms with E-state index >= 15 is 0 Å². The second-order valence-corrected chi connectivity index (χ2v) is 5.15. The van der Waals surface area contributed by atoms with Gasteiger partial charge in [0, 0.05) is 13.1 Å². The molecule has 1 aliphatic rings. The maximum atomic E-state index is 11.9. The van der Waals surface area contributed by atoms with Crippen molar-refractivity contribution >= 4 is 5.91 Å². The number of aryl methyl sites for hydroxylation is 2. The molecule has 1 aromatic carbocycles. The Kier molecular flexibility index (Phi) is 4.43. The molecule has 1 heterocycles. The predicted octanol–water partition coefficient (Wildman–Crippen LogP) is 1.67. The van der Waals surface area contributed by atoms with E-state index in [2.05, 4.69) is 6.07 Å². The third kappa shape index (κ3) is 3.70. The fourth-order valence-corrected chi connectivity index (χ4v) is 2.34. The second kappa shape index (κ2) is 6.06. The van der Waals surface area contributed by atoms with Crippen LogP contribution in [0.4, 0.5) is 0 Å². The highest BCUT2D eigenvalue weighted by molar-refractivity contribution is 5.76. The van der Waals surface area contributed by atoms with Crippen molar-refractivity contribution in [2.45, 2.75) is 32.8 Å². The third-order valence-electron chi connectivity index (χ3n) is 3.42. The number of nitrogens with zero attached hydrogens (tertiary/aromatic N) is 1. The number of ether oxygens (including phenoxy) is 1. The molecule has 104 valence electrons. The Morgan fingerprint density at radius 1 is 1.47 bits per heavy atom. The van der Waals surface area contributed by atoms with Gasteiger partial charge in [0.15, 0.2) is 0 Å². The van der Waals surface area contributed by atoms with Crippen molar-refractivity contribution in [2.24, 2.45) is 0 Å². The van der Waals surface area contributed by atoms with Crippen molar-refractivity contribution in [3.05, 3.63) is 29.3 Å². The van der Waals surface area contributed by atoms with E-state index in [0.717, 1.165) is 11.3 Å². The van der Waals surface area contributed by atoms with Gasteiger partial charge >= 0.3 is 0 Å². The van der Waals surface area contributed by atoms with Crippen LogP contribution in [0.2, 0.25) is 0 Å². The van der Waals surface area contributed by atoms with Gasteiger partial charge < -0.3 is 14.7 Å². The Bertz CT molecular complexity index is 459. The van der Waals surface area contributed by atoms with Crippen LogP contribution < -0.4 is 4.74 Å². The summed E-state index contributed by atoms with van der Waals surface area (Å²) in [5.41, 5.74) is 2.29. The highest BCUT2D eigenvalue weighted by Gasteiger charge is 2.24. The monoisotopic (exact) mass is 263 g/mol. The van der Waals surface area contributed by atoms with Gasteiger partial charge in [0.2, 0.25) is 5.91 Å². The molecule has 19 heavy (non-hydrogen) atoms. The van der Waals surface area contributed by atoms with Gasteiger partial charge in [0.25, 0.3) is 0 Å². The minimum absolute atomic E-state index is 0.0568. The van der Waals surface area contributed by atoms with Crippen LogP contribution in [-0.4, -0.2) is 41.7 Å². The van der Waals surface area contributed by atoms with Gasteiger partial charge in [-0.15, -0.1) is 0 Å². The molecule has 2 rings (SSSR count). The Morgan fingerprint density at radius 2 is 2.26 bits per heavy atom.